The quantitative estimate of drug-likeness (QED) is 0.561. The van der Waals surface area contributed by atoms with Crippen molar-refractivity contribution in [1.29, 1.82) is 0 Å². The number of carbonyl (C=O) groups is 1. The van der Waals surface area contributed by atoms with Gasteiger partial charge in [-0.25, -0.2) is 0 Å². The van der Waals surface area contributed by atoms with Crippen molar-refractivity contribution in [3.63, 3.8) is 0 Å². The number of amides is 1. The molecule has 1 rings (SSSR count). The Hall–Kier alpha value is -1.83. The van der Waals surface area contributed by atoms with Crippen molar-refractivity contribution in [3.8, 4) is 0 Å². The van der Waals surface area contributed by atoms with Crippen LogP contribution in [0.25, 0.3) is 0 Å². The van der Waals surface area contributed by atoms with Crippen molar-refractivity contribution < 1.29 is 4.79 Å². The molecule has 0 fully saturated rings. The molecule has 0 aliphatic rings. The molecule has 0 heterocycles. The number of likely N-dealkylation sites (N-methyl/N-ethyl adjacent to an activating group) is 1. The maximum atomic E-state index is 11.2. The molecular formula is C15H19NO. The van der Waals surface area contributed by atoms with Crippen LogP contribution in [0.3, 0.4) is 0 Å². The highest BCUT2D eigenvalue weighted by atomic mass is 16.2. The summed E-state index contributed by atoms with van der Waals surface area (Å²) in [5, 5.41) is 0. The molecule has 0 aliphatic carbocycles. The summed E-state index contributed by atoms with van der Waals surface area (Å²) in [5.41, 5.74) is 1.34. The number of carbonyl (C=O) groups excluding carboxylic acids is 1. The van der Waals surface area contributed by atoms with Crippen LogP contribution in [0.1, 0.15) is 12.0 Å². The van der Waals surface area contributed by atoms with E-state index in [1.165, 1.54) is 5.56 Å². The van der Waals surface area contributed by atoms with Crippen LogP contribution in [0.5, 0.6) is 0 Å². The number of rotatable bonds is 5. The number of hydrogen-bond acceptors (Lipinski definition) is 1. The highest BCUT2D eigenvalue weighted by Crippen LogP contribution is 2.02. The molecule has 0 bridgehead atoms. The van der Waals surface area contributed by atoms with Crippen LogP contribution in [0.2, 0.25) is 0 Å². The first-order chi connectivity index (χ1) is 8.20. The molecule has 0 aliphatic heterocycles. The van der Waals surface area contributed by atoms with Gasteiger partial charge in [0, 0.05) is 20.2 Å². The van der Waals surface area contributed by atoms with E-state index < -0.39 is 0 Å². The lowest BCUT2D eigenvalue weighted by Crippen LogP contribution is -2.18. The van der Waals surface area contributed by atoms with Crippen molar-refractivity contribution in [3.05, 3.63) is 60.2 Å². The number of aryl methyl sites for hydroxylation is 1. The molecule has 0 atom stereocenters. The van der Waals surface area contributed by atoms with Gasteiger partial charge >= 0.3 is 0 Å². The van der Waals surface area contributed by atoms with Gasteiger partial charge in [-0.2, -0.15) is 0 Å². The molecule has 0 aromatic heterocycles. The zero-order valence-corrected chi connectivity index (χ0v) is 10.5. The fourth-order valence-corrected chi connectivity index (χ4v) is 1.36. The van der Waals surface area contributed by atoms with Gasteiger partial charge in [-0.15, -0.1) is 0 Å². The monoisotopic (exact) mass is 229 g/mol. The summed E-state index contributed by atoms with van der Waals surface area (Å²) in [5.74, 6) is 0.0118. The van der Waals surface area contributed by atoms with Crippen LogP contribution < -0.4 is 0 Å². The molecule has 1 amide bonds. The maximum absolute atomic E-state index is 11.2. The molecule has 2 heteroatoms. The van der Waals surface area contributed by atoms with Crippen LogP contribution in [0.15, 0.2) is 54.6 Å². The normalized spacial score (nSPS) is 11.2. The maximum Gasteiger partial charge on any atom is 0.246 e. The second kappa shape index (κ2) is 7.44. The standard InChI is InChI=1S/C15H19NO/c1-16(2)15(17)13-9-4-3-6-10-14-11-7-5-8-12-14/h3-5,7-9,11-13H,6,10H2,1-2H3/b4-3+,13-9+. The van der Waals surface area contributed by atoms with Crippen molar-refractivity contribution in [2.45, 2.75) is 12.8 Å². The minimum absolute atomic E-state index is 0.0118. The first-order valence-electron chi connectivity index (χ1n) is 5.78. The minimum atomic E-state index is 0.0118. The molecule has 0 spiro atoms. The third kappa shape index (κ3) is 5.71. The van der Waals surface area contributed by atoms with E-state index in [2.05, 4.69) is 30.3 Å². The molecule has 1 aromatic rings. The lowest BCUT2D eigenvalue weighted by molar-refractivity contribution is -0.123. The Balaban J connectivity index is 2.25. The van der Waals surface area contributed by atoms with E-state index in [0.29, 0.717) is 0 Å². The summed E-state index contributed by atoms with van der Waals surface area (Å²) in [6, 6.07) is 10.4. The average Bonchev–Trinajstić information content (AvgIpc) is 2.34. The smallest absolute Gasteiger partial charge is 0.246 e. The van der Waals surface area contributed by atoms with E-state index in [1.54, 1.807) is 31.1 Å². The fraction of sp³-hybridized carbons (Fsp3) is 0.267. The summed E-state index contributed by atoms with van der Waals surface area (Å²) in [6.07, 6.45) is 9.38. The lowest BCUT2D eigenvalue weighted by atomic mass is 10.1. The van der Waals surface area contributed by atoms with Gasteiger partial charge < -0.3 is 4.90 Å². The minimum Gasteiger partial charge on any atom is -0.345 e. The summed E-state index contributed by atoms with van der Waals surface area (Å²) in [4.78, 5) is 12.8. The van der Waals surface area contributed by atoms with Crippen LogP contribution in [0.4, 0.5) is 0 Å². The van der Waals surface area contributed by atoms with Gasteiger partial charge in [-0.1, -0.05) is 48.6 Å². The Bertz CT molecular complexity index is 391. The van der Waals surface area contributed by atoms with Gasteiger partial charge in [0.25, 0.3) is 0 Å². The summed E-state index contributed by atoms with van der Waals surface area (Å²) in [7, 11) is 3.48. The number of nitrogens with zero attached hydrogens (tertiary/aromatic N) is 1. The first-order valence-corrected chi connectivity index (χ1v) is 5.78. The molecule has 17 heavy (non-hydrogen) atoms. The van der Waals surface area contributed by atoms with Crippen molar-refractivity contribution in [2.24, 2.45) is 0 Å². The molecule has 1 aromatic carbocycles. The summed E-state index contributed by atoms with van der Waals surface area (Å²) in [6.45, 7) is 0. The first kappa shape index (κ1) is 13.2. The molecule has 90 valence electrons. The predicted molar refractivity (Wildman–Crippen MR) is 71.7 cm³/mol. The molecule has 0 saturated heterocycles. The van der Waals surface area contributed by atoms with Gasteiger partial charge in [-0.05, 0) is 18.4 Å². The Morgan fingerprint density at radius 2 is 1.88 bits per heavy atom. The van der Waals surface area contributed by atoms with Crippen LogP contribution in [-0.2, 0) is 11.2 Å². The van der Waals surface area contributed by atoms with E-state index in [1.807, 2.05) is 12.1 Å². The van der Waals surface area contributed by atoms with Crippen LogP contribution in [-0.4, -0.2) is 24.9 Å². The molecule has 2 nitrogen and oxygen atoms in total. The Kier molecular flexibility index (Phi) is 5.80. The van der Waals surface area contributed by atoms with Crippen molar-refractivity contribution in [1.82, 2.24) is 4.90 Å². The highest BCUT2D eigenvalue weighted by Gasteiger charge is 1.94. The van der Waals surface area contributed by atoms with Crippen LogP contribution >= 0.6 is 0 Å². The number of benzene rings is 1. The number of hydrogen-bond donors (Lipinski definition) is 0. The zero-order chi connectivity index (χ0) is 12.5. The molecule has 0 saturated carbocycles. The molecular weight excluding hydrogens is 210 g/mol. The van der Waals surface area contributed by atoms with E-state index >= 15 is 0 Å². The molecule has 0 N–H and O–H groups in total. The van der Waals surface area contributed by atoms with E-state index in [-0.39, 0.29) is 5.91 Å². The highest BCUT2D eigenvalue weighted by molar-refractivity contribution is 5.87. The third-order valence-corrected chi connectivity index (χ3v) is 2.37. The van der Waals surface area contributed by atoms with Gasteiger partial charge in [0.2, 0.25) is 5.91 Å². The third-order valence-electron chi connectivity index (χ3n) is 2.37. The topological polar surface area (TPSA) is 20.3 Å². The molecule has 0 radical (unpaired) electrons. The van der Waals surface area contributed by atoms with Crippen molar-refractivity contribution >= 4 is 5.91 Å². The number of allylic oxidation sites excluding steroid dienone is 3. The van der Waals surface area contributed by atoms with E-state index in [0.717, 1.165) is 12.8 Å². The average molecular weight is 229 g/mol. The second-order valence-corrected chi connectivity index (χ2v) is 4.04. The Labute approximate surface area is 103 Å². The predicted octanol–water partition coefficient (Wildman–Crippen LogP) is 2.82. The SMILES string of the molecule is CN(C)C(=O)/C=C/C=C/CCc1ccccc1. The Morgan fingerprint density at radius 1 is 1.18 bits per heavy atom. The lowest BCUT2D eigenvalue weighted by Gasteiger charge is -2.04. The van der Waals surface area contributed by atoms with E-state index in [4.69, 9.17) is 0 Å². The van der Waals surface area contributed by atoms with Gasteiger partial charge in [0.05, 0.1) is 0 Å². The summed E-state index contributed by atoms with van der Waals surface area (Å²) < 4.78 is 0. The van der Waals surface area contributed by atoms with Crippen LogP contribution in [0, 0.1) is 0 Å². The van der Waals surface area contributed by atoms with Gasteiger partial charge in [0.15, 0.2) is 0 Å². The van der Waals surface area contributed by atoms with Crippen molar-refractivity contribution in [2.75, 3.05) is 14.1 Å². The van der Waals surface area contributed by atoms with E-state index in [9.17, 15) is 4.79 Å². The fourth-order valence-electron chi connectivity index (χ4n) is 1.36. The summed E-state index contributed by atoms with van der Waals surface area (Å²) >= 11 is 0. The Morgan fingerprint density at radius 3 is 2.53 bits per heavy atom. The largest absolute Gasteiger partial charge is 0.345 e. The molecule has 0 unspecified atom stereocenters. The van der Waals surface area contributed by atoms with Gasteiger partial charge in [-0.3, -0.25) is 4.79 Å². The zero-order valence-electron chi connectivity index (χ0n) is 10.5. The second-order valence-electron chi connectivity index (χ2n) is 4.04. The van der Waals surface area contributed by atoms with Gasteiger partial charge in [0.1, 0.15) is 0 Å².